The highest BCUT2D eigenvalue weighted by molar-refractivity contribution is 5.68. The third-order valence-corrected chi connectivity index (χ3v) is 3.45. The van der Waals surface area contributed by atoms with Gasteiger partial charge in [0.1, 0.15) is 17.3 Å². The number of aromatic nitrogens is 2. The van der Waals surface area contributed by atoms with Gasteiger partial charge in [-0.25, -0.2) is 0 Å². The normalized spacial score (nSPS) is 10.2. The Bertz CT molecular complexity index is 743. The van der Waals surface area contributed by atoms with Crippen LogP contribution >= 0.6 is 0 Å². The van der Waals surface area contributed by atoms with Crippen LogP contribution in [0, 0.1) is 35.3 Å². The van der Waals surface area contributed by atoms with Gasteiger partial charge in [-0.3, -0.25) is 14.8 Å². The Kier molecular flexibility index (Phi) is 3.89. The minimum absolute atomic E-state index is 0.0460. The number of hydrogen-bond acceptors (Lipinski definition) is 5. The number of hydrogen-bond donors (Lipinski definition) is 1. The van der Waals surface area contributed by atoms with Crippen LogP contribution in [0.3, 0.4) is 0 Å². The summed E-state index contributed by atoms with van der Waals surface area (Å²) < 4.78 is 1.77. The summed E-state index contributed by atoms with van der Waals surface area (Å²) in [6.07, 6.45) is 0. The fourth-order valence-electron chi connectivity index (χ4n) is 2.23. The molecule has 0 radical (unpaired) electrons. The van der Waals surface area contributed by atoms with Gasteiger partial charge >= 0.3 is 5.69 Å². The summed E-state index contributed by atoms with van der Waals surface area (Å²) in [7, 11) is 1.85. The zero-order valence-corrected chi connectivity index (χ0v) is 12.0. The van der Waals surface area contributed by atoms with Gasteiger partial charge in [0.15, 0.2) is 0 Å². The molecule has 2 rings (SSSR count). The topological polar surface area (TPSA) is 96.8 Å². The first kappa shape index (κ1) is 14.5. The fourth-order valence-corrected chi connectivity index (χ4v) is 2.23. The van der Waals surface area contributed by atoms with E-state index in [4.69, 9.17) is 5.26 Å². The van der Waals surface area contributed by atoms with E-state index in [1.165, 1.54) is 6.07 Å². The van der Waals surface area contributed by atoms with Gasteiger partial charge in [0, 0.05) is 24.8 Å². The van der Waals surface area contributed by atoms with E-state index in [-0.39, 0.29) is 11.3 Å². The van der Waals surface area contributed by atoms with Crippen LogP contribution in [-0.2, 0) is 13.6 Å². The van der Waals surface area contributed by atoms with E-state index in [9.17, 15) is 10.1 Å². The molecule has 0 atom stereocenters. The third kappa shape index (κ3) is 2.69. The van der Waals surface area contributed by atoms with Crippen LogP contribution in [0.25, 0.3) is 0 Å². The number of aryl methyl sites for hydroxylation is 2. The lowest BCUT2D eigenvalue weighted by Gasteiger charge is -2.08. The Morgan fingerprint density at radius 3 is 2.71 bits per heavy atom. The van der Waals surface area contributed by atoms with Gasteiger partial charge in [0.05, 0.1) is 10.6 Å². The molecule has 108 valence electrons. The smallest absolute Gasteiger partial charge is 0.309 e. The molecule has 0 amide bonds. The Morgan fingerprint density at radius 1 is 1.48 bits per heavy atom. The Balaban J connectivity index is 2.33. The van der Waals surface area contributed by atoms with Crippen molar-refractivity contribution < 1.29 is 4.92 Å². The quantitative estimate of drug-likeness (QED) is 0.687. The van der Waals surface area contributed by atoms with Crippen molar-refractivity contribution in [2.24, 2.45) is 7.05 Å². The number of para-hydroxylation sites is 1. The molecular formula is C14H15N5O2. The zero-order valence-electron chi connectivity index (χ0n) is 12.0. The van der Waals surface area contributed by atoms with E-state index in [1.807, 2.05) is 27.0 Å². The predicted molar refractivity (Wildman–Crippen MR) is 77.8 cm³/mol. The number of nitrogens with one attached hydrogen (secondary N) is 1. The summed E-state index contributed by atoms with van der Waals surface area (Å²) in [4.78, 5) is 10.6. The first-order chi connectivity index (χ1) is 9.95. The maximum Gasteiger partial charge on any atom is 0.309 e. The van der Waals surface area contributed by atoms with Crippen LogP contribution in [0.4, 0.5) is 11.4 Å². The van der Waals surface area contributed by atoms with Crippen LogP contribution in [0.2, 0.25) is 0 Å². The zero-order chi connectivity index (χ0) is 15.6. The van der Waals surface area contributed by atoms with E-state index >= 15 is 0 Å². The number of nitrogens with zero attached hydrogens (tertiary/aromatic N) is 4. The molecule has 2 aromatic rings. The molecule has 1 aromatic carbocycles. The lowest BCUT2D eigenvalue weighted by molar-refractivity contribution is -0.384. The van der Waals surface area contributed by atoms with Crippen molar-refractivity contribution in [2.75, 3.05) is 5.32 Å². The number of nitro benzene ring substituents is 1. The average Bonchev–Trinajstić information content (AvgIpc) is 2.69. The summed E-state index contributed by atoms with van der Waals surface area (Å²) in [6.45, 7) is 4.25. The molecule has 7 nitrogen and oxygen atoms in total. The third-order valence-electron chi connectivity index (χ3n) is 3.45. The van der Waals surface area contributed by atoms with Crippen LogP contribution < -0.4 is 5.32 Å². The van der Waals surface area contributed by atoms with Gasteiger partial charge in [-0.2, -0.15) is 10.4 Å². The molecule has 1 N–H and O–H groups in total. The van der Waals surface area contributed by atoms with E-state index in [0.29, 0.717) is 12.2 Å². The Hall–Kier alpha value is -2.88. The van der Waals surface area contributed by atoms with E-state index in [0.717, 1.165) is 17.0 Å². The van der Waals surface area contributed by atoms with E-state index in [1.54, 1.807) is 16.8 Å². The molecule has 1 heterocycles. The molecule has 0 fully saturated rings. The summed E-state index contributed by atoms with van der Waals surface area (Å²) in [5.74, 6) is 0. The highest BCUT2D eigenvalue weighted by Gasteiger charge is 2.20. The molecule has 0 aliphatic rings. The number of benzene rings is 1. The maximum atomic E-state index is 11.1. The minimum atomic E-state index is -0.538. The fraction of sp³-hybridized carbons (Fsp3) is 0.286. The molecule has 0 unspecified atom stereocenters. The molecule has 0 saturated heterocycles. The highest BCUT2D eigenvalue weighted by atomic mass is 16.6. The molecule has 1 aromatic heterocycles. The number of anilines is 1. The molecule has 0 aliphatic carbocycles. The molecule has 0 saturated carbocycles. The molecular weight excluding hydrogens is 270 g/mol. The standard InChI is InChI=1S/C14H15N5O2/c1-9-12(10(2)18(3)17-9)8-16-13-6-4-5-11(7-15)14(13)19(20)21/h4-6,16H,8H2,1-3H3. The van der Waals surface area contributed by atoms with Crippen molar-refractivity contribution >= 4 is 11.4 Å². The van der Waals surface area contributed by atoms with Crippen molar-refractivity contribution in [3.05, 3.63) is 50.8 Å². The highest BCUT2D eigenvalue weighted by Crippen LogP contribution is 2.28. The molecule has 21 heavy (non-hydrogen) atoms. The largest absolute Gasteiger partial charge is 0.375 e. The SMILES string of the molecule is Cc1nn(C)c(C)c1CNc1cccc(C#N)c1[N+](=O)[O-]. The van der Waals surface area contributed by atoms with Gasteiger partial charge in [-0.1, -0.05) is 6.07 Å². The number of nitro groups is 1. The van der Waals surface area contributed by atoms with Gasteiger partial charge in [0.2, 0.25) is 0 Å². The van der Waals surface area contributed by atoms with E-state index < -0.39 is 4.92 Å². The monoisotopic (exact) mass is 285 g/mol. The van der Waals surface area contributed by atoms with Crippen LogP contribution in [0.1, 0.15) is 22.5 Å². The van der Waals surface area contributed by atoms with Crippen LogP contribution in [0.15, 0.2) is 18.2 Å². The first-order valence-corrected chi connectivity index (χ1v) is 6.36. The summed E-state index contributed by atoms with van der Waals surface area (Å²) >= 11 is 0. The van der Waals surface area contributed by atoms with Gasteiger partial charge in [0.25, 0.3) is 0 Å². The second-order valence-corrected chi connectivity index (χ2v) is 4.70. The average molecular weight is 285 g/mol. The summed E-state index contributed by atoms with van der Waals surface area (Å²) in [5.41, 5.74) is 3.06. The van der Waals surface area contributed by atoms with Crippen molar-refractivity contribution in [1.82, 2.24) is 9.78 Å². The summed E-state index contributed by atoms with van der Waals surface area (Å²) in [5, 5.41) is 27.5. The first-order valence-electron chi connectivity index (χ1n) is 6.36. The number of nitriles is 1. The van der Waals surface area contributed by atoms with Crippen molar-refractivity contribution in [3.63, 3.8) is 0 Å². The second kappa shape index (κ2) is 5.63. The summed E-state index contributed by atoms with van der Waals surface area (Å²) in [6, 6.07) is 6.50. The second-order valence-electron chi connectivity index (χ2n) is 4.70. The lowest BCUT2D eigenvalue weighted by Crippen LogP contribution is -2.05. The van der Waals surface area contributed by atoms with Crippen LogP contribution in [-0.4, -0.2) is 14.7 Å². The molecule has 0 spiro atoms. The predicted octanol–water partition coefficient (Wildman–Crippen LogP) is 2.43. The van der Waals surface area contributed by atoms with Crippen molar-refractivity contribution in [2.45, 2.75) is 20.4 Å². The van der Waals surface area contributed by atoms with Crippen molar-refractivity contribution in [1.29, 1.82) is 5.26 Å². The maximum absolute atomic E-state index is 11.1. The van der Waals surface area contributed by atoms with Crippen molar-refractivity contribution in [3.8, 4) is 6.07 Å². The van der Waals surface area contributed by atoms with Gasteiger partial charge in [-0.05, 0) is 26.0 Å². The number of rotatable bonds is 4. The van der Waals surface area contributed by atoms with Gasteiger partial charge in [-0.15, -0.1) is 0 Å². The van der Waals surface area contributed by atoms with Gasteiger partial charge < -0.3 is 5.32 Å². The van der Waals surface area contributed by atoms with Crippen LogP contribution in [0.5, 0.6) is 0 Å². The Morgan fingerprint density at radius 2 is 2.19 bits per heavy atom. The van der Waals surface area contributed by atoms with E-state index in [2.05, 4.69) is 10.4 Å². The molecule has 0 bridgehead atoms. The lowest BCUT2D eigenvalue weighted by atomic mass is 10.1. The Labute approximate surface area is 122 Å². The molecule has 0 aliphatic heterocycles. The minimum Gasteiger partial charge on any atom is -0.375 e. The molecule has 7 heteroatoms.